The highest BCUT2D eigenvalue weighted by Gasteiger charge is 2.31. The molecule has 3 heterocycles. The van der Waals surface area contributed by atoms with Crippen LogP contribution < -0.4 is 10.2 Å². The third-order valence-electron chi connectivity index (χ3n) is 5.25. The van der Waals surface area contributed by atoms with Crippen LogP contribution in [0.2, 0.25) is 0 Å². The van der Waals surface area contributed by atoms with E-state index in [9.17, 15) is 18.0 Å². The molecule has 0 unspecified atom stereocenters. The maximum atomic E-state index is 12.8. The molecule has 0 aliphatic heterocycles. The Morgan fingerprint density at radius 2 is 1.78 bits per heavy atom. The summed E-state index contributed by atoms with van der Waals surface area (Å²) in [6.07, 6.45) is -1.21. The molecule has 0 atom stereocenters. The van der Waals surface area contributed by atoms with Gasteiger partial charge in [-0.05, 0) is 43.3 Å². The molecule has 0 saturated heterocycles. The summed E-state index contributed by atoms with van der Waals surface area (Å²) in [5.41, 5.74) is 4.40. The zero-order chi connectivity index (χ0) is 22.5. The maximum absolute atomic E-state index is 12.8. The maximum Gasteiger partial charge on any atom is 0.573 e. The van der Waals surface area contributed by atoms with E-state index in [1.54, 1.807) is 35.7 Å². The quantitative estimate of drug-likeness (QED) is 0.395. The van der Waals surface area contributed by atoms with Crippen molar-refractivity contribution in [2.24, 2.45) is 0 Å². The van der Waals surface area contributed by atoms with Gasteiger partial charge in [0, 0.05) is 40.0 Å². The van der Waals surface area contributed by atoms with E-state index < -0.39 is 6.36 Å². The molecule has 5 aromatic rings. The second-order valence-corrected chi connectivity index (χ2v) is 7.38. The number of nitrogens with zero attached hydrogens (tertiary/aromatic N) is 2. The van der Waals surface area contributed by atoms with E-state index in [1.807, 2.05) is 30.5 Å². The minimum Gasteiger partial charge on any atom is -0.406 e. The average Bonchev–Trinajstić information content (AvgIpc) is 3.19. The van der Waals surface area contributed by atoms with E-state index in [1.165, 1.54) is 18.2 Å². The topological polar surface area (TPSA) is 59.4 Å². The molecule has 5 rings (SSSR count). The van der Waals surface area contributed by atoms with Crippen LogP contribution in [0.1, 0.15) is 5.56 Å². The molecule has 5 nitrogen and oxygen atoms in total. The molecular formula is C24H16F3N3O2. The summed E-state index contributed by atoms with van der Waals surface area (Å²) in [4.78, 5) is 20.6. The third kappa shape index (κ3) is 3.60. The highest BCUT2D eigenvalue weighted by atomic mass is 19.4. The number of H-pyrrole nitrogens is 1. The molecule has 0 fully saturated rings. The molecule has 160 valence electrons. The van der Waals surface area contributed by atoms with Gasteiger partial charge in [-0.3, -0.25) is 4.79 Å². The van der Waals surface area contributed by atoms with Crippen LogP contribution in [0, 0.1) is 6.92 Å². The number of para-hydroxylation sites is 1. The summed E-state index contributed by atoms with van der Waals surface area (Å²) in [5.74, 6) is -0.308. The van der Waals surface area contributed by atoms with Crippen LogP contribution in [0.15, 0.2) is 77.9 Å². The van der Waals surface area contributed by atoms with Crippen molar-refractivity contribution in [3.63, 3.8) is 0 Å². The highest BCUT2D eigenvalue weighted by Crippen LogP contribution is 2.29. The Morgan fingerprint density at radius 3 is 2.59 bits per heavy atom. The van der Waals surface area contributed by atoms with Crippen LogP contribution in [0.3, 0.4) is 0 Å². The summed E-state index contributed by atoms with van der Waals surface area (Å²) in [7, 11) is 0. The van der Waals surface area contributed by atoms with Gasteiger partial charge in [-0.1, -0.05) is 24.3 Å². The fourth-order valence-electron chi connectivity index (χ4n) is 3.75. The van der Waals surface area contributed by atoms with Crippen molar-refractivity contribution in [2.45, 2.75) is 13.3 Å². The molecule has 8 heteroatoms. The first-order valence-electron chi connectivity index (χ1n) is 9.75. The first-order chi connectivity index (χ1) is 15.3. The molecule has 2 aromatic carbocycles. The monoisotopic (exact) mass is 435 g/mol. The molecule has 0 bridgehead atoms. The van der Waals surface area contributed by atoms with Crippen LogP contribution in [-0.2, 0) is 0 Å². The molecule has 0 aliphatic rings. The number of fused-ring (bicyclic) bond motifs is 2. The minimum atomic E-state index is -4.76. The fraction of sp³-hybridized carbons (Fsp3) is 0.0833. The molecule has 0 amide bonds. The Balaban J connectivity index is 1.58. The van der Waals surface area contributed by atoms with Gasteiger partial charge in [0.25, 0.3) is 0 Å². The summed E-state index contributed by atoms with van der Waals surface area (Å²) in [6, 6.07) is 16.6. The highest BCUT2D eigenvalue weighted by molar-refractivity contribution is 5.83. The molecular weight excluding hydrogens is 419 g/mol. The zero-order valence-electron chi connectivity index (χ0n) is 16.8. The van der Waals surface area contributed by atoms with Crippen LogP contribution in [0.5, 0.6) is 5.75 Å². The number of nitrogens with one attached hydrogen (secondary N) is 1. The van der Waals surface area contributed by atoms with Crippen molar-refractivity contribution in [1.82, 2.24) is 14.4 Å². The van der Waals surface area contributed by atoms with E-state index in [0.29, 0.717) is 33.5 Å². The Kier molecular flexibility index (Phi) is 4.51. The van der Waals surface area contributed by atoms with E-state index in [0.717, 1.165) is 11.1 Å². The van der Waals surface area contributed by atoms with E-state index in [2.05, 4.69) is 14.7 Å². The number of aromatic amines is 1. The molecule has 0 radical (unpaired) electrons. The summed E-state index contributed by atoms with van der Waals surface area (Å²) in [5, 5.41) is 0.626. The molecule has 3 aromatic heterocycles. The van der Waals surface area contributed by atoms with Crippen molar-refractivity contribution in [3.8, 4) is 28.3 Å². The van der Waals surface area contributed by atoms with E-state index >= 15 is 0 Å². The molecule has 32 heavy (non-hydrogen) atoms. The lowest BCUT2D eigenvalue weighted by Crippen LogP contribution is -2.17. The van der Waals surface area contributed by atoms with E-state index in [4.69, 9.17) is 0 Å². The second-order valence-electron chi connectivity index (χ2n) is 7.38. The van der Waals surface area contributed by atoms with Crippen molar-refractivity contribution >= 4 is 16.6 Å². The number of aromatic nitrogens is 3. The number of alkyl halides is 3. The molecule has 0 spiro atoms. The number of halogens is 3. The summed E-state index contributed by atoms with van der Waals surface area (Å²) in [6.45, 7) is 1.77. The predicted molar refractivity (Wildman–Crippen MR) is 116 cm³/mol. The summed E-state index contributed by atoms with van der Waals surface area (Å²) < 4.78 is 43.4. The summed E-state index contributed by atoms with van der Waals surface area (Å²) >= 11 is 0. The number of ether oxygens (including phenoxy) is 1. The minimum absolute atomic E-state index is 0.0396. The molecule has 1 N–H and O–H groups in total. The van der Waals surface area contributed by atoms with Crippen molar-refractivity contribution in [1.29, 1.82) is 0 Å². The standard InChI is InChI=1S/C24H16F3N3O2/c1-14-22(29-19-8-3-2-7-18(19)23(14)31)16-9-10-21-28-20(13-30(21)12-16)15-5-4-6-17(11-15)32-24(25,26)27/h2-13H,1H3,(H,29,31). The lowest BCUT2D eigenvalue weighted by Gasteiger charge is -2.09. The average molecular weight is 435 g/mol. The van der Waals surface area contributed by atoms with Gasteiger partial charge in [0.15, 0.2) is 5.43 Å². The van der Waals surface area contributed by atoms with Gasteiger partial charge in [0.2, 0.25) is 0 Å². The Morgan fingerprint density at radius 1 is 0.969 bits per heavy atom. The number of hydrogen-bond donors (Lipinski definition) is 1. The molecule has 0 saturated carbocycles. The normalized spacial score (nSPS) is 11.9. The Bertz CT molecular complexity index is 1530. The van der Waals surface area contributed by atoms with Crippen LogP contribution in [0.4, 0.5) is 13.2 Å². The Hall–Kier alpha value is -4.07. The fourth-order valence-corrected chi connectivity index (χ4v) is 3.75. The number of imidazole rings is 1. The van der Waals surface area contributed by atoms with Crippen LogP contribution in [-0.4, -0.2) is 20.7 Å². The number of hydrogen-bond acceptors (Lipinski definition) is 3. The van der Waals surface area contributed by atoms with Gasteiger partial charge in [0.1, 0.15) is 11.4 Å². The first-order valence-corrected chi connectivity index (χ1v) is 9.75. The van der Waals surface area contributed by atoms with E-state index in [-0.39, 0.29) is 11.2 Å². The van der Waals surface area contributed by atoms with Gasteiger partial charge in [0.05, 0.1) is 11.4 Å². The lowest BCUT2D eigenvalue weighted by molar-refractivity contribution is -0.274. The van der Waals surface area contributed by atoms with Crippen molar-refractivity contribution in [2.75, 3.05) is 0 Å². The SMILES string of the molecule is Cc1c(-c2ccc3nc(-c4cccc(OC(F)(F)F)c4)cn3c2)[nH]c2ccccc2c1=O. The zero-order valence-corrected chi connectivity index (χ0v) is 16.8. The van der Waals surface area contributed by atoms with Gasteiger partial charge < -0.3 is 14.1 Å². The predicted octanol–water partition coefficient (Wildman–Crippen LogP) is 5.72. The van der Waals surface area contributed by atoms with Crippen LogP contribution >= 0.6 is 0 Å². The van der Waals surface area contributed by atoms with Crippen molar-refractivity contribution < 1.29 is 17.9 Å². The largest absolute Gasteiger partial charge is 0.573 e. The smallest absolute Gasteiger partial charge is 0.406 e. The molecule has 0 aliphatic carbocycles. The second kappa shape index (κ2) is 7.26. The Labute approximate surface area is 179 Å². The number of pyridine rings is 2. The van der Waals surface area contributed by atoms with Crippen molar-refractivity contribution in [3.05, 3.63) is 88.8 Å². The van der Waals surface area contributed by atoms with Gasteiger partial charge in [-0.15, -0.1) is 13.2 Å². The number of benzene rings is 2. The first kappa shape index (κ1) is 19.9. The van der Waals surface area contributed by atoms with Gasteiger partial charge >= 0.3 is 6.36 Å². The van der Waals surface area contributed by atoms with Gasteiger partial charge in [-0.2, -0.15) is 0 Å². The van der Waals surface area contributed by atoms with Crippen LogP contribution in [0.25, 0.3) is 39.1 Å². The van der Waals surface area contributed by atoms with Gasteiger partial charge in [-0.25, -0.2) is 4.98 Å². The lowest BCUT2D eigenvalue weighted by atomic mass is 10.1. The number of rotatable bonds is 3. The third-order valence-corrected chi connectivity index (χ3v) is 5.25.